The van der Waals surface area contributed by atoms with Crippen LogP contribution >= 0.6 is 34.9 Å². The van der Waals surface area contributed by atoms with Gasteiger partial charge in [0.25, 0.3) is 0 Å². The highest BCUT2D eigenvalue weighted by molar-refractivity contribution is 8.00. The molecule has 2 saturated heterocycles. The highest BCUT2D eigenvalue weighted by Gasteiger charge is 2.46. The number of aromatic nitrogens is 3. The predicted molar refractivity (Wildman–Crippen MR) is 482 cm³/mol. The van der Waals surface area contributed by atoms with E-state index in [-0.39, 0.29) is 93.9 Å². The van der Waals surface area contributed by atoms with Crippen molar-refractivity contribution in [3.63, 3.8) is 0 Å². The number of primary amides is 2. The van der Waals surface area contributed by atoms with Gasteiger partial charge in [0.05, 0.1) is 50.4 Å². The van der Waals surface area contributed by atoms with Crippen molar-refractivity contribution in [3.05, 3.63) is 119 Å². The quantitative estimate of drug-likeness (QED) is 0.00966. The van der Waals surface area contributed by atoms with Crippen LogP contribution in [0.5, 0.6) is 5.75 Å². The number of para-hydroxylation sites is 1. The molecule has 2 aliphatic heterocycles. The van der Waals surface area contributed by atoms with Crippen LogP contribution in [0.1, 0.15) is 93.5 Å². The Bertz CT molecular complexity index is 4970. The lowest BCUT2D eigenvalue weighted by Gasteiger charge is -2.36. The molecular formula is C84H117N23O20S3. The third kappa shape index (κ3) is 29.5. The van der Waals surface area contributed by atoms with Crippen LogP contribution in [-0.4, -0.2) is 324 Å². The number of guanidine groups is 1. The van der Waals surface area contributed by atoms with E-state index in [4.69, 9.17) is 28.3 Å². The fraction of sp³-hybridized carbons (Fsp3) is 0.500. The van der Waals surface area contributed by atoms with Gasteiger partial charge in [-0.15, -0.1) is 23.1 Å². The summed E-state index contributed by atoms with van der Waals surface area (Å²) in [7, 11) is 4.06. The molecule has 2 aliphatic rings. The second kappa shape index (κ2) is 50.5. The van der Waals surface area contributed by atoms with Crippen LogP contribution in [0.3, 0.4) is 0 Å². The molecule has 0 spiro atoms. The van der Waals surface area contributed by atoms with E-state index in [9.17, 15) is 73.2 Å². The fourth-order valence-corrected chi connectivity index (χ4v) is 17.5. The van der Waals surface area contributed by atoms with Crippen molar-refractivity contribution in [1.29, 1.82) is 5.41 Å². The van der Waals surface area contributed by atoms with Crippen molar-refractivity contribution in [3.8, 4) is 5.75 Å². The number of carbonyl (C=O) groups is 16. The number of phenols is 1. The van der Waals surface area contributed by atoms with E-state index in [0.717, 1.165) is 31.2 Å². The second-order valence-corrected chi connectivity index (χ2v) is 34.5. The Balaban J connectivity index is 1.02. The Labute approximate surface area is 761 Å². The first-order chi connectivity index (χ1) is 62.1. The molecule has 706 valence electrons. The number of thiophene rings is 1. The van der Waals surface area contributed by atoms with Gasteiger partial charge in [-0.25, -0.2) is 4.98 Å². The number of amides is 16. The summed E-state index contributed by atoms with van der Waals surface area (Å²) in [6.07, 6.45) is 4.06. The summed E-state index contributed by atoms with van der Waals surface area (Å²) in [5, 5.41) is 82.3. The molecule has 16 amide bonds. The number of H-pyrrole nitrogens is 2. The maximum Gasteiger partial charge on any atom is 0.248 e. The largest absolute Gasteiger partial charge is 0.508 e. The number of hydrogen-bond acceptors (Lipinski definition) is 26. The number of nitrogens with two attached hydrogens (primary N) is 4. The molecule has 0 saturated carbocycles. The Morgan fingerprint density at radius 3 is 1.89 bits per heavy atom. The van der Waals surface area contributed by atoms with Gasteiger partial charge in [-0.2, -0.15) is 11.8 Å². The van der Waals surface area contributed by atoms with E-state index in [1.54, 1.807) is 72.4 Å². The molecule has 0 aliphatic carbocycles. The number of phenolic OH excluding ortho intramolecular Hbond substituents is 1. The average Bonchev–Trinajstić information content (AvgIpc) is 1.52. The summed E-state index contributed by atoms with van der Waals surface area (Å²) >= 11 is 3.53. The monoisotopic (exact) mass is 1860 g/mol. The predicted octanol–water partition coefficient (Wildman–Crippen LogP) is -4.96. The van der Waals surface area contributed by atoms with Crippen molar-refractivity contribution < 1.29 is 97.1 Å². The van der Waals surface area contributed by atoms with Gasteiger partial charge in [0.2, 0.25) is 94.5 Å². The molecule has 130 heavy (non-hydrogen) atoms. The summed E-state index contributed by atoms with van der Waals surface area (Å²) in [5.74, 6) is -15.0. The van der Waals surface area contributed by atoms with E-state index in [1.807, 2.05) is 13.0 Å². The third-order valence-electron chi connectivity index (χ3n) is 22.1. The third-order valence-corrected chi connectivity index (χ3v) is 24.8. The number of benzene rings is 3. The summed E-state index contributed by atoms with van der Waals surface area (Å²) in [6, 6.07) is 0.679. The second-order valence-electron chi connectivity index (χ2n) is 31.6. The average molecular weight is 1870 g/mol. The molecule has 43 nitrogen and oxygen atoms in total. The zero-order chi connectivity index (χ0) is 95.0. The van der Waals surface area contributed by atoms with E-state index in [0.29, 0.717) is 57.9 Å². The van der Waals surface area contributed by atoms with Crippen LogP contribution < -0.4 is 81.4 Å². The first-order valence-corrected chi connectivity index (χ1v) is 45.7. The number of rotatable bonds is 51. The standard InChI is InChI=1S/C84H117N23O20S3/c1-6-7-18-65(83(127)104(3)63(25-28-128-5)77(121)97-55(17-12-26-92-84(88)89)73(117)103-62(72(116)94-37-69(87)113)42-129-43-70(114)96-56(71(115)90-2)29-45-21-23-49(110)24-22-45)105(4)81(125)59(31-47-41-130-67-20-11-9-15-52(47)67)100-76(120)60(39-108)101-74(118)57(30-46-35-93-54-16-10-8-14-51(46)54)98-79(123)66-33-50(111)38-107(66)82(126)61(40-109)102-75(119)58(32-48-36-91-44-95-48)99-78(122)64-19-13-27-106(64)80(124)53(85)34-68(86)112/h8-11,14-16,20-24,35-36,41,44,50,53,55-66,93,108-111H,6-7,12-13,17-19,25-34,37-40,42-43,85H2,1-5H3,(H2,86,112)(H2,87,113)(H,90,115)(H,91,95)(H,94,116)(H,96,114)(H,97,121)(H,98,123)(H,99,122)(H,100,120)(H,101,118)(H,102,119)(H,103,117)(H4,88,89,92)/t50-,53+,55+,56+,57+,58+,59+,60+,61+,62?,63+,64+,65+,66+/m1/s1. The maximum atomic E-state index is 15.7. The molecule has 5 heterocycles. The molecule has 0 radical (unpaired) electrons. The van der Waals surface area contributed by atoms with Gasteiger partial charge in [0, 0.05) is 112 Å². The molecule has 2 fully saturated rings. The number of aromatic amines is 2. The molecule has 6 aromatic rings. The summed E-state index contributed by atoms with van der Waals surface area (Å²) in [5.41, 5.74) is 24.8. The first kappa shape index (κ1) is 103. The summed E-state index contributed by atoms with van der Waals surface area (Å²) < 4.78 is 0.802. The SMILES string of the molecule is CCCC[C@@H](C(=O)N(C)[C@@H](CCSC)C(=O)N[C@@H](CCCNC(=N)N)C(=O)NC(CSCC(=O)N[C@@H](Cc1ccc(O)cc1)C(=O)NC)C(=O)NCC(N)=O)N(C)C(=O)[C@H](Cc1csc2ccccc12)NC(=O)[C@H](CO)NC(=O)[C@H](Cc1c[nH]c2ccccc12)NC(=O)[C@@H]1C[C@@H](O)CN1C(=O)[C@H](CO)NC(=O)[C@H](Cc1cnc[nH]1)NC(=O)[C@@H]1CCCN1C(=O)[C@@H](N)CC(N)=O. The van der Waals surface area contributed by atoms with Crippen LogP contribution in [0.4, 0.5) is 0 Å². The highest BCUT2D eigenvalue weighted by Crippen LogP contribution is 2.29. The van der Waals surface area contributed by atoms with Gasteiger partial charge < -0.3 is 131 Å². The number of aliphatic hydroxyl groups excluding tert-OH is 3. The highest BCUT2D eigenvalue weighted by atomic mass is 32.2. The number of imidazole rings is 1. The Hall–Kier alpha value is -12.5. The fourth-order valence-electron chi connectivity index (χ4n) is 15.2. The molecule has 26 N–H and O–H groups in total. The lowest BCUT2D eigenvalue weighted by molar-refractivity contribution is -0.149. The normalized spacial score (nSPS) is 16.7. The van der Waals surface area contributed by atoms with Crippen molar-refractivity contribution >= 4 is 156 Å². The van der Waals surface area contributed by atoms with E-state index in [2.05, 4.69) is 73.4 Å². The van der Waals surface area contributed by atoms with Crippen molar-refractivity contribution in [2.75, 3.05) is 84.1 Å². The van der Waals surface area contributed by atoms with Crippen molar-refractivity contribution in [2.24, 2.45) is 22.9 Å². The number of carbonyl (C=O) groups excluding carboxylic acids is 16. The molecule has 1 unspecified atom stereocenters. The number of unbranched alkanes of at least 4 members (excludes halogenated alkanes) is 1. The number of likely N-dealkylation sites (N-methyl/N-ethyl adjacent to an activating group) is 3. The number of aromatic hydroxyl groups is 1. The van der Waals surface area contributed by atoms with Gasteiger partial charge in [0.15, 0.2) is 5.96 Å². The van der Waals surface area contributed by atoms with Crippen LogP contribution in [0.2, 0.25) is 0 Å². The van der Waals surface area contributed by atoms with Crippen LogP contribution in [0, 0.1) is 5.41 Å². The molecule has 0 bridgehead atoms. The van der Waals surface area contributed by atoms with Gasteiger partial charge in [-0.05, 0) is 102 Å². The van der Waals surface area contributed by atoms with E-state index >= 15 is 24.0 Å². The van der Waals surface area contributed by atoms with Gasteiger partial charge >= 0.3 is 0 Å². The van der Waals surface area contributed by atoms with Gasteiger partial charge in [-0.1, -0.05) is 68.3 Å². The Kier molecular flexibility index (Phi) is 39.9. The molecule has 3 aromatic heterocycles. The lowest BCUT2D eigenvalue weighted by atomic mass is 10.0. The Morgan fingerprint density at radius 2 is 1.24 bits per heavy atom. The zero-order valence-corrected chi connectivity index (χ0v) is 75.1. The molecular weight excluding hydrogens is 1750 g/mol. The number of hydrogen-bond donors (Lipinski definition) is 22. The molecule has 46 heteroatoms. The smallest absolute Gasteiger partial charge is 0.248 e. The van der Waals surface area contributed by atoms with Gasteiger partial charge in [-0.3, -0.25) is 82.1 Å². The summed E-state index contributed by atoms with van der Waals surface area (Å²) in [4.78, 5) is 241. The molecule has 3 aromatic carbocycles. The van der Waals surface area contributed by atoms with Crippen LogP contribution in [0.25, 0.3) is 21.0 Å². The van der Waals surface area contributed by atoms with E-state index in [1.165, 1.54) is 73.8 Å². The number of likely N-dealkylation sites (tertiary alicyclic amines) is 2. The maximum absolute atomic E-state index is 15.7. The number of nitrogens with zero attached hydrogens (tertiary/aromatic N) is 5. The lowest BCUT2D eigenvalue weighted by Crippen LogP contribution is -2.62. The minimum absolute atomic E-state index is 0.00785. The number of fused-ring (bicyclic) bond motifs is 2. The zero-order valence-electron chi connectivity index (χ0n) is 72.7. The topological polar surface area (TPSA) is 672 Å². The van der Waals surface area contributed by atoms with Gasteiger partial charge in [0.1, 0.15) is 78.3 Å². The van der Waals surface area contributed by atoms with Crippen LogP contribution in [0.15, 0.2) is 96.9 Å². The minimum atomic E-state index is -1.90. The Morgan fingerprint density at radius 1 is 0.623 bits per heavy atom. The number of thioether (sulfide) groups is 2. The number of β-amino-alcohol motifs (C(OH)–C–C–N with tert-alkyl or cyclic N) is 1. The van der Waals surface area contributed by atoms with Crippen molar-refractivity contribution in [2.45, 2.75) is 181 Å². The molecule has 8 rings (SSSR count). The van der Waals surface area contributed by atoms with E-state index < -0.39 is 224 Å². The van der Waals surface area contributed by atoms with Crippen LogP contribution in [-0.2, 0) is 102 Å². The number of aliphatic hydroxyl groups is 3. The van der Waals surface area contributed by atoms with Crippen molar-refractivity contribution in [1.82, 2.24) is 93.0 Å². The molecule has 14 atom stereocenters. The first-order valence-electron chi connectivity index (χ1n) is 42.3. The summed E-state index contributed by atoms with van der Waals surface area (Å²) in [6.45, 7) is -1.45. The number of nitrogens with one attached hydrogen (secondary N) is 14. The minimum Gasteiger partial charge on any atom is -0.508 e.